The highest BCUT2D eigenvalue weighted by Gasteiger charge is 2.37. The number of oxazole rings is 1. The molecule has 0 bridgehead atoms. The number of rotatable bonds is 10. The van der Waals surface area contributed by atoms with Gasteiger partial charge in [-0.25, -0.2) is 4.98 Å². The molecule has 168 valence electrons. The van der Waals surface area contributed by atoms with Crippen LogP contribution in [0.15, 0.2) is 64.2 Å². The van der Waals surface area contributed by atoms with E-state index in [0.717, 1.165) is 22.6 Å². The van der Waals surface area contributed by atoms with E-state index in [1.807, 2.05) is 61.5 Å². The first-order valence-electron chi connectivity index (χ1n) is 10.4. The Morgan fingerprint density at radius 2 is 1.84 bits per heavy atom. The van der Waals surface area contributed by atoms with E-state index in [9.17, 15) is 9.90 Å². The van der Waals surface area contributed by atoms with Crippen molar-refractivity contribution in [3.63, 3.8) is 0 Å². The van der Waals surface area contributed by atoms with Crippen LogP contribution in [0.3, 0.4) is 0 Å². The number of hydrogen-bond acceptors (Lipinski definition) is 6. The van der Waals surface area contributed by atoms with Crippen molar-refractivity contribution < 1.29 is 23.9 Å². The van der Waals surface area contributed by atoms with Crippen LogP contribution in [-0.4, -0.2) is 35.5 Å². The van der Waals surface area contributed by atoms with Crippen molar-refractivity contribution in [2.45, 2.75) is 33.6 Å². The van der Waals surface area contributed by atoms with E-state index in [1.165, 1.54) is 7.11 Å². The molecule has 7 heteroatoms. The monoisotopic (exact) mass is 436 g/mol. The number of aromatic nitrogens is 1. The first-order chi connectivity index (χ1) is 15.3. The summed E-state index contributed by atoms with van der Waals surface area (Å²) >= 11 is 0. The third-order valence-electron chi connectivity index (χ3n) is 5.50. The summed E-state index contributed by atoms with van der Waals surface area (Å²) in [6.07, 6.45) is 0.912. The Labute approximate surface area is 187 Å². The molecular weight excluding hydrogens is 408 g/mol. The summed E-state index contributed by atoms with van der Waals surface area (Å²) in [4.78, 5) is 21.2. The molecule has 0 saturated heterocycles. The van der Waals surface area contributed by atoms with Gasteiger partial charge < -0.3 is 19.1 Å². The number of carbonyl (C=O) groups is 1. The second-order valence-electron chi connectivity index (χ2n) is 7.80. The molecule has 1 heterocycles. The van der Waals surface area contributed by atoms with Crippen LogP contribution in [-0.2, 0) is 22.5 Å². The van der Waals surface area contributed by atoms with E-state index >= 15 is 0 Å². The zero-order valence-electron chi connectivity index (χ0n) is 18.8. The minimum absolute atomic E-state index is 0.293. The van der Waals surface area contributed by atoms with Gasteiger partial charge in [-0.1, -0.05) is 35.5 Å². The topological polar surface area (TPSA) is 94.2 Å². The van der Waals surface area contributed by atoms with Crippen molar-refractivity contribution in [3.05, 3.63) is 71.6 Å². The van der Waals surface area contributed by atoms with E-state index in [4.69, 9.17) is 14.0 Å². The van der Waals surface area contributed by atoms with Gasteiger partial charge in [-0.2, -0.15) is 0 Å². The van der Waals surface area contributed by atoms with Gasteiger partial charge in [-0.05, 0) is 57.0 Å². The number of carboxylic acids is 1. The number of benzene rings is 2. The van der Waals surface area contributed by atoms with E-state index in [1.54, 1.807) is 13.8 Å². The van der Waals surface area contributed by atoms with Crippen molar-refractivity contribution >= 4 is 11.7 Å². The van der Waals surface area contributed by atoms with Crippen molar-refractivity contribution in [1.82, 2.24) is 4.98 Å². The fourth-order valence-corrected chi connectivity index (χ4v) is 3.34. The van der Waals surface area contributed by atoms with E-state index in [2.05, 4.69) is 10.1 Å². The lowest BCUT2D eigenvalue weighted by Crippen LogP contribution is -2.37. The Balaban J connectivity index is 1.59. The summed E-state index contributed by atoms with van der Waals surface area (Å²) < 4.78 is 11.6. The van der Waals surface area contributed by atoms with E-state index < -0.39 is 11.4 Å². The van der Waals surface area contributed by atoms with Gasteiger partial charge in [0.2, 0.25) is 5.89 Å². The molecular formula is C25H28N2O5. The van der Waals surface area contributed by atoms with Crippen LogP contribution in [0.4, 0.5) is 0 Å². The largest absolute Gasteiger partial charge is 0.493 e. The number of oxime groups is 1. The minimum Gasteiger partial charge on any atom is -0.493 e. The fourth-order valence-electron chi connectivity index (χ4n) is 3.34. The minimum atomic E-state index is -1.15. The molecule has 0 spiro atoms. The number of ether oxygens (including phenoxy) is 1. The van der Waals surface area contributed by atoms with Crippen LogP contribution in [0.1, 0.15) is 30.9 Å². The normalized spacial score (nSPS) is 13.4. The zero-order valence-corrected chi connectivity index (χ0v) is 18.8. The average Bonchev–Trinajstić information content (AvgIpc) is 3.16. The number of carboxylic acid groups (broad SMARTS) is 1. The third-order valence-corrected chi connectivity index (χ3v) is 5.50. The molecule has 0 aliphatic rings. The van der Waals surface area contributed by atoms with Gasteiger partial charge in [0.15, 0.2) is 0 Å². The molecule has 0 saturated carbocycles. The standard InChI is InChI=1S/C25H28N2O5/c1-17-22(26-23(32-17)20-8-6-5-7-9-20)14-15-31-21-12-10-19(11-13-21)16-25(3,24(28)29)18(2)27-30-4/h5-13H,14-16H2,1-4H3,(H,28,29)/b27-18+. The smallest absolute Gasteiger partial charge is 0.315 e. The Kier molecular flexibility index (Phi) is 7.30. The number of nitrogens with zero attached hydrogens (tertiary/aromatic N) is 2. The Bertz CT molecular complexity index is 1070. The van der Waals surface area contributed by atoms with Gasteiger partial charge in [0, 0.05) is 12.0 Å². The first kappa shape index (κ1) is 23.1. The maximum absolute atomic E-state index is 11.8. The highest BCUT2D eigenvalue weighted by Crippen LogP contribution is 2.27. The first-order valence-corrected chi connectivity index (χ1v) is 10.4. The molecule has 0 fully saturated rings. The lowest BCUT2D eigenvalue weighted by atomic mass is 9.80. The summed E-state index contributed by atoms with van der Waals surface area (Å²) in [5, 5.41) is 13.5. The van der Waals surface area contributed by atoms with Gasteiger partial charge in [-0.15, -0.1) is 0 Å². The third kappa shape index (κ3) is 5.35. The van der Waals surface area contributed by atoms with Crippen LogP contribution < -0.4 is 4.74 Å². The average molecular weight is 437 g/mol. The van der Waals surface area contributed by atoms with Crippen LogP contribution in [0.2, 0.25) is 0 Å². The molecule has 1 aromatic heterocycles. The van der Waals surface area contributed by atoms with E-state index in [-0.39, 0.29) is 0 Å². The Morgan fingerprint density at radius 3 is 2.47 bits per heavy atom. The van der Waals surface area contributed by atoms with Crippen molar-refractivity contribution in [2.24, 2.45) is 10.6 Å². The molecule has 0 aliphatic heterocycles. The van der Waals surface area contributed by atoms with Gasteiger partial charge in [-0.3, -0.25) is 4.79 Å². The Morgan fingerprint density at radius 1 is 1.16 bits per heavy atom. The molecule has 2 aromatic carbocycles. The van der Waals surface area contributed by atoms with Crippen LogP contribution in [0.5, 0.6) is 5.75 Å². The summed E-state index contributed by atoms with van der Waals surface area (Å²) in [6, 6.07) is 17.2. The second kappa shape index (κ2) is 10.1. The van der Waals surface area contributed by atoms with Crippen molar-refractivity contribution in [1.29, 1.82) is 0 Å². The van der Waals surface area contributed by atoms with Crippen molar-refractivity contribution in [3.8, 4) is 17.2 Å². The summed E-state index contributed by atoms with van der Waals surface area (Å²) in [7, 11) is 1.40. The molecule has 1 N–H and O–H groups in total. The highest BCUT2D eigenvalue weighted by atomic mass is 16.6. The summed E-state index contributed by atoms with van der Waals surface area (Å²) in [5.74, 6) is 1.14. The second-order valence-corrected chi connectivity index (χ2v) is 7.80. The molecule has 1 atom stereocenters. The predicted octanol–water partition coefficient (Wildman–Crippen LogP) is 4.93. The SMILES string of the molecule is CO/N=C(\C)C(C)(Cc1ccc(OCCc2nc(-c3ccccc3)oc2C)cc1)C(=O)O. The lowest BCUT2D eigenvalue weighted by molar-refractivity contribution is -0.144. The van der Waals surface area contributed by atoms with E-state index in [0.29, 0.717) is 36.8 Å². The summed E-state index contributed by atoms with van der Waals surface area (Å²) in [5.41, 5.74) is 1.93. The molecule has 1 unspecified atom stereocenters. The number of aliphatic carboxylic acids is 1. The van der Waals surface area contributed by atoms with Gasteiger partial charge in [0.1, 0.15) is 24.0 Å². The van der Waals surface area contributed by atoms with Gasteiger partial charge in [0.25, 0.3) is 0 Å². The molecule has 0 amide bonds. The zero-order chi connectivity index (χ0) is 23.1. The van der Waals surface area contributed by atoms with Crippen molar-refractivity contribution in [2.75, 3.05) is 13.7 Å². The van der Waals surface area contributed by atoms with Crippen LogP contribution in [0.25, 0.3) is 11.5 Å². The quantitative estimate of drug-likeness (QED) is 0.358. The highest BCUT2D eigenvalue weighted by molar-refractivity contribution is 6.04. The lowest BCUT2D eigenvalue weighted by Gasteiger charge is -2.24. The van der Waals surface area contributed by atoms with Crippen LogP contribution in [0, 0.1) is 12.3 Å². The maximum atomic E-state index is 11.8. The molecule has 32 heavy (non-hydrogen) atoms. The molecule has 0 aliphatic carbocycles. The molecule has 3 rings (SSSR count). The summed E-state index contributed by atoms with van der Waals surface area (Å²) in [6.45, 7) is 5.65. The molecule has 7 nitrogen and oxygen atoms in total. The predicted molar refractivity (Wildman–Crippen MR) is 122 cm³/mol. The van der Waals surface area contributed by atoms with Gasteiger partial charge in [0.05, 0.1) is 18.0 Å². The Hall–Kier alpha value is -3.61. The maximum Gasteiger partial charge on any atom is 0.315 e. The fraction of sp³-hybridized carbons (Fsp3) is 0.320. The molecule has 0 radical (unpaired) electrons. The molecule has 3 aromatic rings. The van der Waals surface area contributed by atoms with Gasteiger partial charge >= 0.3 is 5.97 Å². The number of hydrogen-bond donors (Lipinski definition) is 1. The number of aryl methyl sites for hydroxylation is 1. The van der Waals surface area contributed by atoms with Crippen LogP contribution >= 0.6 is 0 Å².